The van der Waals surface area contributed by atoms with E-state index < -0.39 is 0 Å². The minimum absolute atomic E-state index is 0.147. The number of rotatable bonds is 2. The maximum atomic E-state index is 12.1. The highest BCUT2D eigenvalue weighted by Gasteiger charge is 2.08. The minimum atomic E-state index is -0.147. The number of aryl methyl sites for hydroxylation is 2. The van der Waals surface area contributed by atoms with Crippen molar-refractivity contribution in [1.82, 2.24) is 0 Å². The van der Waals surface area contributed by atoms with Gasteiger partial charge in [-0.15, -0.1) is 0 Å². The first kappa shape index (κ1) is 13.6. The Kier molecular flexibility index (Phi) is 3.90. The molecule has 0 aromatic heterocycles. The highest BCUT2D eigenvalue weighted by molar-refractivity contribution is 9.10. The van der Waals surface area contributed by atoms with Crippen LogP contribution in [0.4, 0.5) is 11.4 Å². The topological polar surface area (TPSA) is 55.1 Å². The first-order valence-electron chi connectivity index (χ1n) is 5.90. The van der Waals surface area contributed by atoms with E-state index in [0.717, 1.165) is 21.3 Å². The number of amides is 1. The number of hydrogen-bond acceptors (Lipinski definition) is 2. The molecule has 3 nitrogen and oxygen atoms in total. The number of halogens is 1. The molecule has 0 radical (unpaired) electrons. The molecule has 0 saturated heterocycles. The van der Waals surface area contributed by atoms with Crippen molar-refractivity contribution in [3.05, 3.63) is 57.6 Å². The van der Waals surface area contributed by atoms with Gasteiger partial charge in [0, 0.05) is 21.4 Å². The van der Waals surface area contributed by atoms with Crippen LogP contribution in [0.2, 0.25) is 0 Å². The predicted molar refractivity (Wildman–Crippen MR) is 82.4 cm³/mol. The second kappa shape index (κ2) is 5.45. The largest absolute Gasteiger partial charge is 0.398 e. The summed E-state index contributed by atoms with van der Waals surface area (Å²) in [5, 5.41) is 2.89. The van der Waals surface area contributed by atoms with E-state index in [9.17, 15) is 4.79 Å². The van der Waals surface area contributed by atoms with Gasteiger partial charge in [-0.2, -0.15) is 0 Å². The molecule has 0 fully saturated rings. The van der Waals surface area contributed by atoms with Crippen molar-refractivity contribution in [1.29, 1.82) is 0 Å². The fourth-order valence-electron chi connectivity index (χ4n) is 1.92. The standard InChI is InChI=1S/C15H15BrN2O/c1-9-5-10(2)7-12(6-9)18-15(19)11-3-4-14(17)13(16)8-11/h3-8H,17H2,1-2H3,(H,18,19). The maximum Gasteiger partial charge on any atom is 0.255 e. The van der Waals surface area contributed by atoms with E-state index in [1.54, 1.807) is 18.2 Å². The van der Waals surface area contributed by atoms with E-state index in [-0.39, 0.29) is 5.91 Å². The third-order valence-corrected chi connectivity index (χ3v) is 3.43. The molecule has 3 N–H and O–H groups in total. The Bertz CT molecular complexity index is 618. The summed E-state index contributed by atoms with van der Waals surface area (Å²) in [6.07, 6.45) is 0. The van der Waals surface area contributed by atoms with Crippen molar-refractivity contribution < 1.29 is 4.79 Å². The number of nitrogen functional groups attached to an aromatic ring is 1. The van der Waals surface area contributed by atoms with Crippen molar-refractivity contribution in [3.8, 4) is 0 Å². The molecule has 2 rings (SSSR count). The third kappa shape index (κ3) is 3.35. The Hall–Kier alpha value is -1.81. The number of carbonyl (C=O) groups is 1. The second-order valence-electron chi connectivity index (χ2n) is 4.57. The molecule has 0 bridgehead atoms. The van der Waals surface area contributed by atoms with Gasteiger partial charge >= 0.3 is 0 Å². The summed E-state index contributed by atoms with van der Waals surface area (Å²) in [5.41, 5.74) is 9.93. The first-order valence-corrected chi connectivity index (χ1v) is 6.69. The van der Waals surface area contributed by atoms with E-state index in [1.807, 2.05) is 26.0 Å². The van der Waals surface area contributed by atoms with Gasteiger partial charge in [0.2, 0.25) is 0 Å². The van der Waals surface area contributed by atoms with Crippen molar-refractivity contribution >= 4 is 33.2 Å². The first-order chi connectivity index (χ1) is 8.95. The third-order valence-electron chi connectivity index (χ3n) is 2.74. The highest BCUT2D eigenvalue weighted by Crippen LogP contribution is 2.21. The lowest BCUT2D eigenvalue weighted by Crippen LogP contribution is -2.12. The lowest BCUT2D eigenvalue weighted by molar-refractivity contribution is 0.102. The second-order valence-corrected chi connectivity index (χ2v) is 5.42. The molecule has 0 unspecified atom stereocenters. The summed E-state index contributed by atoms with van der Waals surface area (Å²) < 4.78 is 0.723. The van der Waals surface area contributed by atoms with Crippen LogP contribution in [0.15, 0.2) is 40.9 Å². The molecule has 0 aliphatic rings. The lowest BCUT2D eigenvalue weighted by Gasteiger charge is -2.08. The summed E-state index contributed by atoms with van der Waals surface area (Å²) in [6, 6.07) is 11.1. The fourth-order valence-corrected chi connectivity index (χ4v) is 2.30. The van der Waals surface area contributed by atoms with Crippen LogP contribution in [-0.4, -0.2) is 5.91 Å². The van der Waals surface area contributed by atoms with E-state index in [2.05, 4.69) is 27.3 Å². The number of nitrogens with two attached hydrogens (primary N) is 1. The summed E-state index contributed by atoms with van der Waals surface area (Å²) in [6.45, 7) is 4.00. The van der Waals surface area contributed by atoms with E-state index in [1.165, 1.54) is 0 Å². The number of carbonyl (C=O) groups excluding carboxylic acids is 1. The van der Waals surface area contributed by atoms with Crippen LogP contribution in [0.5, 0.6) is 0 Å². The van der Waals surface area contributed by atoms with Gasteiger partial charge in [0.1, 0.15) is 0 Å². The van der Waals surface area contributed by atoms with Crippen molar-refractivity contribution in [3.63, 3.8) is 0 Å². The van der Waals surface area contributed by atoms with Crippen LogP contribution in [0.3, 0.4) is 0 Å². The van der Waals surface area contributed by atoms with Gasteiger partial charge in [-0.05, 0) is 71.2 Å². The predicted octanol–water partition coefficient (Wildman–Crippen LogP) is 3.90. The molecule has 0 aliphatic heterocycles. The zero-order chi connectivity index (χ0) is 14.0. The monoisotopic (exact) mass is 318 g/mol. The molecule has 0 saturated carbocycles. The van der Waals surface area contributed by atoms with Crippen molar-refractivity contribution in [2.24, 2.45) is 0 Å². The van der Waals surface area contributed by atoms with Crippen LogP contribution in [-0.2, 0) is 0 Å². The summed E-state index contributed by atoms with van der Waals surface area (Å²) in [5.74, 6) is -0.147. The molecule has 2 aromatic rings. The average Bonchev–Trinajstić information content (AvgIpc) is 2.31. The fraction of sp³-hybridized carbons (Fsp3) is 0.133. The number of anilines is 2. The zero-order valence-electron chi connectivity index (χ0n) is 10.8. The molecular weight excluding hydrogens is 304 g/mol. The Morgan fingerprint density at radius 2 is 1.74 bits per heavy atom. The Balaban J connectivity index is 2.22. The highest BCUT2D eigenvalue weighted by atomic mass is 79.9. The molecule has 1 amide bonds. The maximum absolute atomic E-state index is 12.1. The van der Waals surface area contributed by atoms with E-state index in [0.29, 0.717) is 11.3 Å². The van der Waals surface area contributed by atoms with Crippen LogP contribution in [0, 0.1) is 13.8 Å². The summed E-state index contributed by atoms with van der Waals surface area (Å²) in [7, 11) is 0. The molecule has 0 heterocycles. The Morgan fingerprint density at radius 1 is 1.11 bits per heavy atom. The zero-order valence-corrected chi connectivity index (χ0v) is 12.4. The molecule has 4 heteroatoms. The van der Waals surface area contributed by atoms with Crippen LogP contribution >= 0.6 is 15.9 Å². The van der Waals surface area contributed by atoms with Crippen molar-refractivity contribution in [2.45, 2.75) is 13.8 Å². The van der Waals surface area contributed by atoms with Gasteiger partial charge in [-0.1, -0.05) is 6.07 Å². The van der Waals surface area contributed by atoms with Crippen molar-refractivity contribution in [2.75, 3.05) is 11.1 Å². The molecule has 19 heavy (non-hydrogen) atoms. The SMILES string of the molecule is Cc1cc(C)cc(NC(=O)c2ccc(N)c(Br)c2)c1. The van der Waals surface area contributed by atoms with Gasteiger partial charge in [0.25, 0.3) is 5.91 Å². The van der Waals surface area contributed by atoms with E-state index >= 15 is 0 Å². The number of benzene rings is 2. The van der Waals surface area contributed by atoms with Gasteiger partial charge in [-0.3, -0.25) is 4.79 Å². The number of hydrogen-bond donors (Lipinski definition) is 2. The molecule has 0 spiro atoms. The Morgan fingerprint density at radius 3 is 2.32 bits per heavy atom. The van der Waals surface area contributed by atoms with Gasteiger partial charge in [-0.25, -0.2) is 0 Å². The lowest BCUT2D eigenvalue weighted by atomic mass is 10.1. The van der Waals surface area contributed by atoms with Crippen LogP contribution < -0.4 is 11.1 Å². The normalized spacial score (nSPS) is 10.3. The smallest absolute Gasteiger partial charge is 0.255 e. The molecule has 0 aliphatic carbocycles. The van der Waals surface area contributed by atoms with Gasteiger partial charge in [0.15, 0.2) is 0 Å². The number of nitrogens with one attached hydrogen (secondary N) is 1. The molecular formula is C15H15BrN2O. The van der Waals surface area contributed by atoms with Crippen LogP contribution in [0.1, 0.15) is 21.5 Å². The molecule has 98 valence electrons. The van der Waals surface area contributed by atoms with Gasteiger partial charge in [0.05, 0.1) is 0 Å². The molecule has 2 aromatic carbocycles. The summed E-state index contributed by atoms with van der Waals surface area (Å²) in [4.78, 5) is 12.1. The Labute approximate surface area is 121 Å². The van der Waals surface area contributed by atoms with Crippen LogP contribution in [0.25, 0.3) is 0 Å². The van der Waals surface area contributed by atoms with Gasteiger partial charge < -0.3 is 11.1 Å². The van der Waals surface area contributed by atoms with E-state index in [4.69, 9.17) is 5.73 Å². The minimum Gasteiger partial charge on any atom is -0.398 e. The quantitative estimate of drug-likeness (QED) is 0.825. The molecule has 0 atom stereocenters. The average molecular weight is 319 g/mol. The summed E-state index contributed by atoms with van der Waals surface area (Å²) >= 11 is 3.32.